The Morgan fingerprint density at radius 1 is 1.16 bits per heavy atom. The fourth-order valence-corrected chi connectivity index (χ4v) is 2.84. The summed E-state index contributed by atoms with van der Waals surface area (Å²) in [5, 5.41) is 8.63. The van der Waals surface area contributed by atoms with Crippen molar-refractivity contribution in [2.45, 2.75) is 19.0 Å². The zero-order valence-electron chi connectivity index (χ0n) is 14.0. The zero-order chi connectivity index (χ0) is 17.6. The monoisotopic (exact) mass is 339 g/mol. The van der Waals surface area contributed by atoms with Crippen molar-refractivity contribution < 1.29 is 14.3 Å². The number of methoxy groups -OCH3 is 1. The Morgan fingerprint density at radius 2 is 1.96 bits per heavy atom. The van der Waals surface area contributed by atoms with Crippen molar-refractivity contribution in [2.24, 2.45) is 0 Å². The van der Waals surface area contributed by atoms with Gasteiger partial charge in [-0.3, -0.25) is 9.59 Å². The van der Waals surface area contributed by atoms with E-state index in [1.165, 1.54) is 11.1 Å². The Balaban J connectivity index is 1.50. The van der Waals surface area contributed by atoms with Gasteiger partial charge in [0.05, 0.1) is 19.7 Å². The normalized spacial score (nSPS) is 15.8. The van der Waals surface area contributed by atoms with Crippen LogP contribution < -0.4 is 20.7 Å². The Bertz CT molecular complexity index is 776. The van der Waals surface area contributed by atoms with Gasteiger partial charge in [0.25, 0.3) is 0 Å². The lowest BCUT2D eigenvalue weighted by molar-refractivity contribution is -0.125. The maximum Gasteiger partial charge on any atom is 0.243 e. The fraction of sp³-hybridized carbons (Fsp3) is 0.263. The second-order valence-corrected chi connectivity index (χ2v) is 5.90. The molecule has 6 nitrogen and oxygen atoms in total. The quantitative estimate of drug-likeness (QED) is 0.771. The van der Waals surface area contributed by atoms with Crippen LogP contribution in [0.1, 0.15) is 11.1 Å². The average Bonchev–Trinajstić information content (AvgIpc) is 2.65. The molecule has 0 saturated carbocycles. The average molecular weight is 339 g/mol. The summed E-state index contributed by atoms with van der Waals surface area (Å²) in [5.41, 5.74) is 3.01. The number of carbonyl (C=O) groups is 2. The number of ether oxygens (including phenoxy) is 1. The molecule has 0 aromatic heterocycles. The van der Waals surface area contributed by atoms with E-state index in [2.05, 4.69) is 22.0 Å². The molecule has 1 aliphatic heterocycles. The molecule has 1 heterocycles. The fourth-order valence-electron chi connectivity index (χ4n) is 2.84. The Morgan fingerprint density at radius 3 is 2.76 bits per heavy atom. The van der Waals surface area contributed by atoms with Crippen LogP contribution in [0.15, 0.2) is 48.5 Å². The van der Waals surface area contributed by atoms with Gasteiger partial charge in [0.15, 0.2) is 0 Å². The summed E-state index contributed by atoms with van der Waals surface area (Å²) in [6, 6.07) is 14.8. The Kier molecular flexibility index (Phi) is 5.30. The lowest BCUT2D eigenvalue weighted by Gasteiger charge is -2.25. The number of fused-ring (bicyclic) bond motifs is 1. The molecular weight excluding hydrogens is 318 g/mol. The number of benzene rings is 2. The van der Waals surface area contributed by atoms with Crippen LogP contribution in [0, 0.1) is 0 Å². The standard InChI is InChI=1S/C19H21N3O3/c1-25-16-8-4-7-15(10-16)22-18(23)12-21-19(24)17-9-13-5-2-3-6-14(13)11-20-17/h2-8,10,17,20H,9,11-12H2,1H3,(H,21,24)(H,22,23)/t17-/m0/s1. The number of hydrogen-bond donors (Lipinski definition) is 3. The minimum Gasteiger partial charge on any atom is -0.497 e. The van der Waals surface area contributed by atoms with Crippen molar-refractivity contribution in [1.29, 1.82) is 0 Å². The first-order chi connectivity index (χ1) is 12.2. The third-order valence-corrected chi connectivity index (χ3v) is 4.17. The molecule has 0 fully saturated rings. The molecule has 3 N–H and O–H groups in total. The highest BCUT2D eigenvalue weighted by atomic mass is 16.5. The number of anilines is 1. The number of carbonyl (C=O) groups excluding carboxylic acids is 2. The van der Waals surface area contributed by atoms with Gasteiger partial charge in [-0.05, 0) is 29.7 Å². The molecule has 0 bridgehead atoms. The molecular formula is C19H21N3O3. The van der Waals surface area contributed by atoms with E-state index in [1.807, 2.05) is 18.2 Å². The van der Waals surface area contributed by atoms with Gasteiger partial charge in [-0.2, -0.15) is 0 Å². The summed E-state index contributed by atoms with van der Waals surface area (Å²) < 4.78 is 5.11. The molecule has 130 valence electrons. The van der Waals surface area contributed by atoms with Crippen LogP contribution in [0.4, 0.5) is 5.69 Å². The SMILES string of the molecule is COc1cccc(NC(=O)CNC(=O)[C@@H]2Cc3ccccc3CN2)c1. The molecule has 0 radical (unpaired) electrons. The van der Waals surface area contributed by atoms with E-state index in [0.29, 0.717) is 24.4 Å². The molecule has 2 aromatic carbocycles. The van der Waals surface area contributed by atoms with Crippen molar-refractivity contribution in [1.82, 2.24) is 10.6 Å². The van der Waals surface area contributed by atoms with Gasteiger partial charge in [0.2, 0.25) is 11.8 Å². The number of nitrogens with one attached hydrogen (secondary N) is 3. The summed E-state index contributed by atoms with van der Waals surface area (Å²) >= 11 is 0. The lowest BCUT2D eigenvalue weighted by atomic mass is 9.95. The highest BCUT2D eigenvalue weighted by Crippen LogP contribution is 2.17. The molecule has 0 aliphatic carbocycles. The van der Waals surface area contributed by atoms with Crippen LogP contribution in [0.5, 0.6) is 5.75 Å². The highest BCUT2D eigenvalue weighted by Gasteiger charge is 2.23. The van der Waals surface area contributed by atoms with Crippen molar-refractivity contribution in [3.8, 4) is 5.75 Å². The molecule has 0 spiro atoms. The minimum absolute atomic E-state index is 0.0735. The van der Waals surface area contributed by atoms with Gasteiger partial charge in [-0.1, -0.05) is 30.3 Å². The summed E-state index contributed by atoms with van der Waals surface area (Å²) in [4.78, 5) is 24.3. The van der Waals surface area contributed by atoms with Gasteiger partial charge in [-0.25, -0.2) is 0 Å². The molecule has 1 aliphatic rings. The lowest BCUT2D eigenvalue weighted by Crippen LogP contribution is -2.49. The predicted molar refractivity (Wildman–Crippen MR) is 95.4 cm³/mol. The van der Waals surface area contributed by atoms with Gasteiger partial charge in [0, 0.05) is 18.3 Å². The second-order valence-electron chi connectivity index (χ2n) is 5.90. The first-order valence-corrected chi connectivity index (χ1v) is 8.17. The molecule has 0 saturated heterocycles. The van der Waals surface area contributed by atoms with E-state index in [-0.39, 0.29) is 24.4 Å². The number of amides is 2. The van der Waals surface area contributed by atoms with Crippen molar-refractivity contribution >= 4 is 17.5 Å². The Hall–Kier alpha value is -2.86. The maximum atomic E-state index is 12.3. The smallest absolute Gasteiger partial charge is 0.243 e. The zero-order valence-corrected chi connectivity index (χ0v) is 14.0. The molecule has 1 atom stereocenters. The number of rotatable bonds is 5. The van der Waals surface area contributed by atoms with Crippen LogP contribution in [-0.4, -0.2) is 31.5 Å². The van der Waals surface area contributed by atoms with E-state index in [0.717, 1.165) is 0 Å². The first kappa shape index (κ1) is 17.0. The third-order valence-electron chi connectivity index (χ3n) is 4.17. The summed E-state index contributed by atoms with van der Waals surface area (Å²) in [6.07, 6.45) is 0.625. The maximum absolute atomic E-state index is 12.3. The third kappa shape index (κ3) is 4.36. The van der Waals surface area contributed by atoms with Crippen molar-refractivity contribution in [3.05, 3.63) is 59.7 Å². The summed E-state index contributed by atoms with van der Waals surface area (Å²) in [5.74, 6) is 0.208. The number of hydrogen-bond acceptors (Lipinski definition) is 4. The molecule has 3 rings (SSSR count). The van der Waals surface area contributed by atoms with Crippen molar-refractivity contribution in [3.63, 3.8) is 0 Å². The van der Waals surface area contributed by atoms with Gasteiger partial charge < -0.3 is 20.7 Å². The molecule has 2 amide bonds. The van der Waals surface area contributed by atoms with Crippen LogP contribution in [-0.2, 0) is 22.6 Å². The van der Waals surface area contributed by atoms with Crippen molar-refractivity contribution in [2.75, 3.05) is 19.0 Å². The Labute approximate surface area is 146 Å². The van der Waals surface area contributed by atoms with Crippen LogP contribution in [0.2, 0.25) is 0 Å². The summed E-state index contributed by atoms with van der Waals surface area (Å²) in [6.45, 7) is 0.583. The van der Waals surface area contributed by atoms with E-state index < -0.39 is 0 Å². The van der Waals surface area contributed by atoms with E-state index in [4.69, 9.17) is 4.74 Å². The minimum atomic E-state index is -0.320. The molecule has 0 unspecified atom stereocenters. The summed E-state index contributed by atoms with van der Waals surface area (Å²) in [7, 11) is 1.57. The van der Waals surface area contributed by atoms with E-state index >= 15 is 0 Å². The van der Waals surface area contributed by atoms with Gasteiger partial charge in [-0.15, -0.1) is 0 Å². The molecule has 2 aromatic rings. The predicted octanol–water partition coefficient (Wildman–Crippen LogP) is 1.46. The molecule has 6 heteroatoms. The van der Waals surface area contributed by atoms with Crippen LogP contribution in [0.25, 0.3) is 0 Å². The molecule has 25 heavy (non-hydrogen) atoms. The van der Waals surface area contributed by atoms with E-state index in [9.17, 15) is 9.59 Å². The van der Waals surface area contributed by atoms with E-state index in [1.54, 1.807) is 31.4 Å². The topological polar surface area (TPSA) is 79.5 Å². The highest BCUT2D eigenvalue weighted by molar-refractivity contribution is 5.95. The first-order valence-electron chi connectivity index (χ1n) is 8.17. The van der Waals surface area contributed by atoms with Crippen LogP contribution >= 0.6 is 0 Å². The van der Waals surface area contributed by atoms with Gasteiger partial charge in [0.1, 0.15) is 5.75 Å². The van der Waals surface area contributed by atoms with Crippen LogP contribution in [0.3, 0.4) is 0 Å². The van der Waals surface area contributed by atoms with Gasteiger partial charge >= 0.3 is 0 Å². The second kappa shape index (κ2) is 7.81. The largest absolute Gasteiger partial charge is 0.497 e.